The summed E-state index contributed by atoms with van der Waals surface area (Å²) in [6, 6.07) is 0. The van der Waals surface area contributed by atoms with E-state index in [9.17, 15) is 9.59 Å². The van der Waals surface area contributed by atoms with Crippen molar-refractivity contribution >= 4 is 11.9 Å². The van der Waals surface area contributed by atoms with E-state index in [-0.39, 0.29) is 11.9 Å². The van der Waals surface area contributed by atoms with Crippen molar-refractivity contribution in [3.8, 4) is 0 Å². The summed E-state index contributed by atoms with van der Waals surface area (Å²) in [6.07, 6.45) is 3.85. The van der Waals surface area contributed by atoms with Gasteiger partial charge < -0.3 is 9.47 Å². The second-order valence-corrected chi connectivity index (χ2v) is 5.03. The maximum atomic E-state index is 11.9. The molecule has 4 atom stereocenters. The van der Waals surface area contributed by atoms with E-state index in [1.54, 1.807) is 0 Å². The minimum absolute atomic E-state index is 0.386. The van der Waals surface area contributed by atoms with Crippen LogP contribution in [0, 0.1) is 11.8 Å². The molecule has 2 aliphatic heterocycles. The van der Waals surface area contributed by atoms with Gasteiger partial charge in [-0.1, -0.05) is 12.2 Å². The maximum absolute atomic E-state index is 11.9. The lowest BCUT2D eigenvalue weighted by atomic mass is 9.71. The Labute approximate surface area is 100 Å². The molecular weight excluding hydrogens is 222 g/mol. The summed E-state index contributed by atoms with van der Waals surface area (Å²) in [5.41, 5.74) is -1.08. The Morgan fingerprint density at radius 3 is 1.65 bits per heavy atom. The topological polar surface area (TPSA) is 64.6 Å². The number of esters is 2. The summed E-state index contributed by atoms with van der Waals surface area (Å²) < 4.78 is 9.60. The summed E-state index contributed by atoms with van der Waals surface area (Å²) in [5, 5.41) is 3.30. The summed E-state index contributed by atoms with van der Waals surface area (Å²) in [4.78, 5) is 23.8. The van der Waals surface area contributed by atoms with E-state index >= 15 is 0 Å². The first-order chi connectivity index (χ1) is 7.88. The van der Waals surface area contributed by atoms with Crippen molar-refractivity contribution < 1.29 is 19.1 Å². The number of hydrogen-bond donors (Lipinski definition) is 1. The third-order valence-corrected chi connectivity index (χ3v) is 3.85. The fourth-order valence-electron chi connectivity index (χ4n) is 3.08. The standard InChI is InChI=1S/C12H17NO4/c1-11-5-6-12(2,13-11)8(10(15)17-4)7(11)9(14)16-3/h5-8,13H,1-4H3/t7-,8-,11-,12+/m1/s1. The normalized spacial score (nSPS) is 42.6. The third-order valence-electron chi connectivity index (χ3n) is 3.85. The third kappa shape index (κ3) is 1.49. The van der Waals surface area contributed by atoms with Gasteiger partial charge in [-0.25, -0.2) is 0 Å². The molecule has 0 aromatic carbocycles. The Bertz CT molecular complexity index is 369. The number of carbonyl (C=O) groups excluding carboxylic acids is 2. The first-order valence-corrected chi connectivity index (χ1v) is 5.53. The highest BCUT2D eigenvalue weighted by atomic mass is 16.5. The van der Waals surface area contributed by atoms with Gasteiger partial charge in [-0.15, -0.1) is 0 Å². The minimum Gasteiger partial charge on any atom is -0.469 e. The Kier molecular flexibility index (Phi) is 2.54. The van der Waals surface area contributed by atoms with Gasteiger partial charge in [-0.3, -0.25) is 14.9 Å². The van der Waals surface area contributed by atoms with Gasteiger partial charge in [-0.2, -0.15) is 0 Å². The highest BCUT2D eigenvalue weighted by Gasteiger charge is 2.64. The summed E-state index contributed by atoms with van der Waals surface area (Å²) in [5.74, 6) is -1.86. The molecule has 17 heavy (non-hydrogen) atoms. The lowest BCUT2D eigenvalue weighted by molar-refractivity contribution is -0.158. The summed E-state index contributed by atoms with van der Waals surface area (Å²) in [7, 11) is 2.66. The smallest absolute Gasteiger partial charge is 0.311 e. The lowest BCUT2D eigenvalue weighted by Crippen LogP contribution is -2.45. The molecule has 0 amide bonds. The van der Waals surface area contributed by atoms with Crippen LogP contribution in [0.25, 0.3) is 0 Å². The van der Waals surface area contributed by atoms with Crippen molar-refractivity contribution in [3.05, 3.63) is 12.2 Å². The molecule has 5 nitrogen and oxygen atoms in total. The van der Waals surface area contributed by atoms with Crippen molar-refractivity contribution in [1.82, 2.24) is 5.32 Å². The molecule has 0 aliphatic carbocycles. The average Bonchev–Trinajstić information content (AvgIpc) is 2.72. The molecule has 0 saturated carbocycles. The van der Waals surface area contributed by atoms with Crippen LogP contribution in [0.4, 0.5) is 0 Å². The quantitative estimate of drug-likeness (QED) is 0.553. The monoisotopic (exact) mass is 239 g/mol. The lowest BCUT2D eigenvalue weighted by Gasteiger charge is -2.30. The van der Waals surface area contributed by atoms with Crippen molar-refractivity contribution in [2.75, 3.05) is 14.2 Å². The number of carbonyl (C=O) groups is 2. The molecule has 0 radical (unpaired) electrons. The van der Waals surface area contributed by atoms with E-state index in [2.05, 4.69) is 5.32 Å². The molecule has 2 bridgehead atoms. The molecule has 0 spiro atoms. The zero-order valence-electron chi connectivity index (χ0n) is 10.4. The zero-order chi connectivity index (χ0) is 12.8. The van der Waals surface area contributed by atoms with Crippen molar-refractivity contribution in [3.63, 3.8) is 0 Å². The van der Waals surface area contributed by atoms with E-state index < -0.39 is 22.9 Å². The van der Waals surface area contributed by atoms with Crippen molar-refractivity contribution in [2.24, 2.45) is 11.8 Å². The van der Waals surface area contributed by atoms with Crippen molar-refractivity contribution in [1.29, 1.82) is 0 Å². The van der Waals surface area contributed by atoms with E-state index in [1.165, 1.54) is 14.2 Å². The number of hydrogen-bond acceptors (Lipinski definition) is 5. The van der Waals surface area contributed by atoms with Crippen LogP contribution >= 0.6 is 0 Å². The Hall–Kier alpha value is -1.36. The van der Waals surface area contributed by atoms with Gasteiger partial charge in [0.1, 0.15) is 0 Å². The van der Waals surface area contributed by atoms with Crippen LogP contribution in [-0.4, -0.2) is 37.2 Å². The van der Waals surface area contributed by atoms with Crippen LogP contribution < -0.4 is 5.32 Å². The second kappa shape index (κ2) is 3.57. The fraction of sp³-hybridized carbons (Fsp3) is 0.667. The minimum atomic E-state index is -0.546. The van der Waals surface area contributed by atoms with Gasteiger partial charge in [-0.05, 0) is 13.8 Å². The Morgan fingerprint density at radius 1 is 1.00 bits per heavy atom. The van der Waals surface area contributed by atoms with Crippen LogP contribution in [-0.2, 0) is 19.1 Å². The Balaban J connectivity index is 2.44. The molecule has 0 aromatic rings. The molecule has 2 rings (SSSR count). The average molecular weight is 239 g/mol. The highest BCUT2D eigenvalue weighted by molar-refractivity contribution is 5.87. The van der Waals surface area contributed by atoms with Crippen molar-refractivity contribution in [2.45, 2.75) is 24.9 Å². The molecule has 2 heterocycles. The second-order valence-electron chi connectivity index (χ2n) is 5.03. The van der Waals surface area contributed by atoms with Crippen LogP contribution in [0.3, 0.4) is 0 Å². The van der Waals surface area contributed by atoms with Crippen LogP contribution in [0.2, 0.25) is 0 Å². The number of fused-ring (bicyclic) bond motifs is 2. The number of methoxy groups -OCH3 is 2. The zero-order valence-corrected chi connectivity index (χ0v) is 10.4. The fourth-order valence-corrected chi connectivity index (χ4v) is 3.08. The largest absolute Gasteiger partial charge is 0.469 e. The van der Waals surface area contributed by atoms with Gasteiger partial charge in [0.2, 0.25) is 0 Å². The molecule has 0 aromatic heterocycles. The molecule has 1 N–H and O–H groups in total. The van der Waals surface area contributed by atoms with Gasteiger partial charge in [0.05, 0.1) is 26.1 Å². The van der Waals surface area contributed by atoms with E-state index in [4.69, 9.17) is 9.47 Å². The van der Waals surface area contributed by atoms with E-state index in [0.29, 0.717) is 0 Å². The predicted octanol–water partition coefficient (Wildman–Crippen LogP) is 0.255. The molecule has 2 aliphatic rings. The molecule has 1 saturated heterocycles. The van der Waals surface area contributed by atoms with E-state index in [1.807, 2.05) is 26.0 Å². The predicted molar refractivity (Wildman–Crippen MR) is 60.1 cm³/mol. The molecule has 0 unspecified atom stereocenters. The molecule has 94 valence electrons. The van der Waals surface area contributed by atoms with Gasteiger partial charge >= 0.3 is 11.9 Å². The summed E-state index contributed by atoms with van der Waals surface area (Å²) in [6.45, 7) is 3.78. The molecule has 1 fully saturated rings. The van der Waals surface area contributed by atoms with Gasteiger partial charge in [0.15, 0.2) is 0 Å². The SMILES string of the molecule is COC(=O)[C@H]1[C@H](C(=O)OC)[C@]2(C)C=C[C@@]1(C)N2. The van der Waals surface area contributed by atoms with Crippen LogP contribution in [0.5, 0.6) is 0 Å². The number of rotatable bonds is 2. The molecular formula is C12H17NO4. The maximum Gasteiger partial charge on any atom is 0.311 e. The van der Waals surface area contributed by atoms with Gasteiger partial charge in [0, 0.05) is 11.1 Å². The Morgan fingerprint density at radius 2 is 1.35 bits per heavy atom. The number of ether oxygens (including phenoxy) is 2. The van der Waals surface area contributed by atoms with Crippen LogP contribution in [0.15, 0.2) is 12.2 Å². The first-order valence-electron chi connectivity index (χ1n) is 5.53. The van der Waals surface area contributed by atoms with Gasteiger partial charge in [0.25, 0.3) is 0 Å². The van der Waals surface area contributed by atoms with Crippen LogP contribution in [0.1, 0.15) is 13.8 Å². The first kappa shape index (κ1) is 12.1. The highest BCUT2D eigenvalue weighted by Crippen LogP contribution is 2.48. The summed E-state index contributed by atoms with van der Waals surface area (Å²) >= 11 is 0. The van der Waals surface area contributed by atoms with E-state index in [0.717, 1.165) is 0 Å². The number of nitrogens with one attached hydrogen (secondary N) is 1. The molecule has 5 heteroatoms.